The van der Waals surface area contributed by atoms with Crippen molar-refractivity contribution in [2.75, 3.05) is 13.2 Å². The van der Waals surface area contributed by atoms with Crippen LogP contribution in [0.15, 0.2) is 26.8 Å². The third kappa shape index (κ3) is 6.66. The van der Waals surface area contributed by atoms with Gasteiger partial charge in [-0.2, -0.15) is 0 Å². The Morgan fingerprint density at radius 3 is 2.77 bits per heavy atom. The van der Waals surface area contributed by atoms with Crippen LogP contribution in [0, 0.1) is 0 Å². The highest BCUT2D eigenvalue weighted by Gasteiger charge is 2.47. The fourth-order valence-electron chi connectivity index (χ4n) is 3.79. The van der Waals surface area contributed by atoms with Gasteiger partial charge in [0.25, 0.3) is 0 Å². The maximum Gasteiger partial charge on any atom is 0.469 e. The Morgan fingerprint density at radius 2 is 2.00 bits per heavy atom. The van der Waals surface area contributed by atoms with Gasteiger partial charge >= 0.3 is 7.82 Å². The second kappa shape index (κ2) is 10.8. The zero-order valence-corrected chi connectivity index (χ0v) is 18.0. The first-order valence-electron chi connectivity index (χ1n) is 10.3. The van der Waals surface area contributed by atoms with Crippen molar-refractivity contribution in [2.45, 2.75) is 69.1 Å². The number of nitrogens with zero attached hydrogens (tertiary/aromatic N) is 4. The highest BCUT2D eigenvalue weighted by atomic mass is 31.2. The number of aliphatic hydroxyl groups excluding tert-OH is 2. The summed E-state index contributed by atoms with van der Waals surface area (Å²) in [5.41, 5.74) is 6.51. The second-order valence-corrected chi connectivity index (χ2v) is 8.99. The number of amidine groups is 1. The van der Waals surface area contributed by atoms with E-state index < -0.39 is 39.0 Å². The summed E-state index contributed by atoms with van der Waals surface area (Å²) in [6.07, 6.45) is 5.51. The van der Waals surface area contributed by atoms with E-state index >= 15 is 0 Å². The van der Waals surface area contributed by atoms with Gasteiger partial charge in [0.15, 0.2) is 12.1 Å². The molecule has 13 heteroatoms. The molecule has 3 aliphatic heterocycles. The molecule has 0 amide bonds. The smallest absolute Gasteiger partial charge is 0.387 e. The molecular formula is C18H30N5O7P. The molecule has 2 bridgehead atoms. The first-order chi connectivity index (χ1) is 14.8. The number of hydrogen-bond acceptors (Lipinski definition) is 10. The minimum absolute atomic E-state index is 0.205. The van der Waals surface area contributed by atoms with Gasteiger partial charge in [0.1, 0.15) is 30.3 Å². The zero-order chi connectivity index (χ0) is 22.4. The molecule has 0 spiro atoms. The van der Waals surface area contributed by atoms with E-state index in [0.29, 0.717) is 12.2 Å². The summed E-state index contributed by atoms with van der Waals surface area (Å²) in [4.78, 5) is 32.5. The van der Waals surface area contributed by atoms with Crippen molar-refractivity contribution in [1.82, 2.24) is 4.90 Å². The molecule has 0 aliphatic carbocycles. The molecule has 0 aromatic carbocycles. The highest BCUT2D eigenvalue weighted by molar-refractivity contribution is 7.46. The van der Waals surface area contributed by atoms with Crippen LogP contribution in [0.25, 0.3) is 0 Å². The van der Waals surface area contributed by atoms with E-state index in [2.05, 4.69) is 19.5 Å². The zero-order valence-electron chi connectivity index (χ0n) is 17.1. The van der Waals surface area contributed by atoms with Crippen LogP contribution in [0.2, 0.25) is 0 Å². The molecule has 0 saturated carbocycles. The van der Waals surface area contributed by atoms with Gasteiger partial charge in [-0.15, -0.1) is 0 Å². The van der Waals surface area contributed by atoms with E-state index in [1.807, 2.05) is 6.08 Å². The molecule has 5 atom stereocenters. The number of fused-ring (bicyclic) bond motifs is 3. The SMILES string of the molecule is N/C1=N/C=N\CC2CCCCCC/C=C1/N=C\N2C1OC(COP(=O)(O)O)C(O)C1O. The fraction of sp³-hybridized carbons (Fsp3) is 0.722. The van der Waals surface area contributed by atoms with Crippen LogP contribution in [0.4, 0.5) is 0 Å². The molecule has 0 aromatic rings. The summed E-state index contributed by atoms with van der Waals surface area (Å²) >= 11 is 0. The van der Waals surface area contributed by atoms with Crippen molar-refractivity contribution in [3.8, 4) is 0 Å². The lowest BCUT2D eigenvalue weighted by Gasteiger charge is -2.35. The average Bonchev–Trinajstić information content (AvgIpc) is 2.98. The molecule has 174 valence electrons. The van der Waals surface area contributed by atoms with Crippen LogP contribution in [0.5, 0.6) is 0 Å². The monoisotopic (exact) mass is 459 g/mol. The number of phosphoric ester groups is 1. The maximum atomic E-state index is 11.0. The van der Waals surface area contributed by atoms with Gasteiger partial charge in [-0.3, -0.25) is 9.52 Å². The minimum Gasteiger partial charge on any atom is -0.387 e. The Hall–Kier alpha value is -1.66. The molecule has 3 rings (SSSR count). The van der Waals surface area contributed by atoms with E-state index in [1.165, 1.54) is 12.7 Å². The molecule has 0 aromatic heterocycles. The molecule has 12 nitrogen and oxygen atoms in total. The van der Waals surface area contributed by atoms with Crippen LogP contribution in [-0.2, 0) is 13.8 Å². The van der Waals surface area contributed by atoms with Crippen LogP contribution in [-0.4, -0.2) is 87.1 Å². The van der Waals surface area contributed by atoms with Gasteiger partial charge in [0.2, 0.25) is 0 Å². The lowest BCUT2D eigenvalue weighted by molar-refractivity contribution is -0.0806. The normalized spacial score (nSPS) is 38.5. The van der Waals surface area contributed by atoms with Gasteiger partial charge in [0.05, 0.1) is 25.5 Å². The van der Waals surface area contributed by atoms with Crippen LogP contribution < -0.4 is 5.73 Å². The lowest BCUT2D eigenvalue weighted by atomic mass is 10.0. The molecule has 3 heterocycles. The maximum absolute atomic E-state index is 11.0. The standard InChI is InChI=1S/C18H30N5O7P/c19-17-13-7-5-3-1-2-4-6-12(8-20-10-21-17)23(11-22-13)18-16(25)15(24)14(30-18)9-29-31(26,27)28/h7,10-12,14-16,18,24-25H,1-6,8-9H2,(H2,19,20,21)(H2,26,27,28)/b13-7+,22-11-. The number of ether oxygens (including phenoxy) is 1. The van der Waals surface area contributed by atoms with Gasteiger partial charge in [0, 0.05) is 0 Å². The molecule has 0 radical (unpaired) electrons. The number of hydrogen-bond donors (Lipinski definition) is 5. The number of rotatable bonds is 4. The predicted molar refractivity (Wildman–Crippen MR) is 114 cm³/mol. The highest BCUT2D eigenvalue weighted by Crippen LogP contribution is 2.37. The first kappa shape index (κ1) is 24.0. The Bertz CT molecular complexity index is 783. The third-order valence-electron chi connectivity index (χ3n) is 5.48. The van der Waals surface area contributed by atoms with Crippen molar-refractivity contribution >= 4 is 26.3 Å². The van der Waals surface area contributed by atoms with Crippen LogP contribution in [0.1, 0.15) is 38.5 Å². The Kier molecular flexibility index (Phi) is 8.34. The van der Waals surface area contributed by atoms with Gasteiger partial charge in [-0.25, -0.2) is 14.5 Å². The van der Waals surface area contributed by atoms with E-state index in [0.717, 1.165) is 38.5 Å². The van der Waals surface area contributed by atoms with Crippen molar-refractivity contribution in [3.63, 3.8) is 0 Å². The minimum atomic E-state index is -4.75. The van der Waals surface area contributed by atoms with Crippen LogP contribution in [0.3, 0.4) is 0 Å². The second-order valence-electron chi connectivity index (χ2n) is 7.75. The molecule has 3 aliphatic rings. The fourth-order valence-corrected chi connectivity index (χ4v) is 4.13. The summed E-state index contributed by atoms with van der Waals surface area (Å²) in [5, 5.41) is 21.0. The van der Waals surface area contributed by atoms with Crippen LogP contribution >= 0.6 is 7.82 Å². The lowest BCUT2D eigenvalue weighted by Crippen LogP contribution is -2.50. The Labute approximate surface area is 180 Å². The first-order valence-corrected chi connectivity index (χ1v) is 11.8. The molecule has 5 unspecified atom stereocenters. The van der Waals surface area contributed by atoms with E-state index in [1.54, 1.807) is 4.90 Å². The Balaban J connectivity index is 1.89. The van der Waals surface area contributed by atoms with E-state index in [9.17, 15) is 14.8 Å². The predicted octanol–water partition coefficient (Wildman–Crippen LogP) is -0.122. The van der Waals surface area contributed by atoms with Gasteiger partial charge in [-0.05, 0) is 19.3 Å². The summed E-state index contributed by atoms with van der Waals surface area (Å²) in [6, 6.07) is -0.205. The molecular weight excluding hydrogens is 429 g/mol. The van der Waals surface area contributed by atoms with Gasteiger partial charge in [-0.1, -0.05) is 25.3 Å². The van der Waals surface area contributed by atoms with E-state index in [-0.39, 0.29) is 11.9 Å². The molecule has 1 saturated heterocycles. The van der Waals surface area contributed by atoms with Crippen molar-refractivity contribution in [1.29, 1.82) is 0 Å². The molecule has 6 N–H and O–H groups in total. The van der Waals surface area contributed by atoms with Crippen molar-refractivity contribution < 1.29 is 33.8 Å². The van der Waals surface area contributed by atoms with Crippen molar-refractivity contribution in [2.24, 2.45) is 20.7 Å². The largest absolute Gasteiger partial charge is 0.469 e. The van der Waals surface area contributed by atoms with Gasteiger partial charge < -0.3 is 35.4 Å². The average molecular weight is 459 g/mol. The molecule has 31 heavy (non-hydrogen) atoms. The number of aliphatic hydroxyl groups is 2. The summed E-state index contributed by atoms with van der Waals surface area (Å²) in [6.45, 7) is -0.230. The summed E-state index contributed by atoms with van der Waals surface area (Å²) in [5.74, 6) is 0.219. The number of phosphoric acid groups is 1. The Morgan fingerprint density at radius 1 is 1.23 bits per heavy atom. The summed E-state index contributed by atoms with van der Waals surface area (Å²) < 4.78 is 21.2. The number of aliphatic imine (C=N–C) groups is 3. The van der Waals surface area contributed by atoms with Crippen molar-refractivity contribution in [3.05, 3.63) is 11.8 Å². The van der Waals surface area contributed by atoms with E-state index in [4.69, 9.17) is 20.3 Å². The summed E-state index contributed by atoms with van der Waals surface area (Å²) in [7, 11) is -4.75. The topological polar surface area (TPSA) is 183 Å². The number of allylic oxidation sites excluding steroid dienone is 1. The molecule has 1 fully saturated rings. The number of nitrogens with two attached hydrogens (primary N) is 1. The third-order valence-corrected chi connectivity index (χ3v) is 5.96. The quantitative estimate of drug-likeness (QED) is 0.358.